The molecule has 2 heterocycles. The Morgan fingerprint density at radius 1 is 0.792 bits per heavy atom. The third-order valence-electron chi connectivity index (χ3n) is 6.31. The Balaban J connectivity index is 1.29. The Hall–Kier alpha value is -4.45. The molecular formula is C34H32F4NO8P. The number of fused-ring (bicyclic) bond motifs is 1. The second-order valence-electron chi connectivity index (χ2n) is 12.8. The minimum atomic E-state index is -4.74. The Labute approximate surface area is 273 Å². The summed E-state index contributed by atoms with van der Waals surface area (Å²) in [4.78, 5) is 17.5. The minimum absolute atomic E-state index is 0.137. The second kappa shape index (κ2) is 12.9. The summed E-state index contributed by atoms with van der Waals surface area (Å²) in [6.45, 7) is 10.3. The van der Waals surface area contributed by atoms with Crippen molar-refractivity contribution >= 4 is 18.8 Å². The molecular weight excluding hydrogens is 657 g/mol. The topological polar surface area (TPSA) is 110 Å². The molecule has 0 radical (unpaired) electrons. The number of hydrogen-bond acceptors (Lipinski definition) is 9. The lowest BCUT2D eigenvalue weighted by atomic mass is 10.1. The Bertz CT molecular complexity index is 2020. The standard InChI is InChI=1S/C34H32F4NO8P/c1-32(2,3)46-48(41,47-33(4,5)6)45-25-9-7-20(8-10-25)28-19-43-29-16-26(11-12-27(29)30(28)40)42-17-24-18-44-31(39-24)21-13-22(34(36,37)38)15-23(35)14-21/h7-16,18-19H,17H2,1-6H3. The predicted molar refractivity (Wildman–Crippen MR) is 169 cm³/mol. The summed E-state index contributed by atoms with van der Waals surface area (Å²) in [5, 5.41) is 0.275. The van der Waals surface area contributed by atoms with Crippen molar-refractivity contribution in [3.8, 4) is 34.1 Å². The van der Waals surface area contributed by atoms with Crippen molar-refractivity contribution in [3.05, 3.63) is 100 Å². The second-order valence-corrected chi connectivity index (χ2v) is 14.2. The van der Waals surface area contributed by atoms with Crippen LogP contribution in [0.3, 0.4) is 0 Å². The fraction of sp³-hybridized carbons (Fsp3) is 0.294. The van der Waals surface area contributed by atoms with Crippen LogP contribution < -0.4 is 14.7 Å². The zero-order valence-corrected chi connectivity index (χ0v) is 27.7. The van der Waals surface area contributed by atoms with Crippen molar-refractivity contribution in [2.45, 2.75) is 65.5 Å². The van der Waals surface area contributed by atoms with Crippen LogP contribution in [0.2, 0.25) is 0 Å². The van der Waals surface area contributed by atoms with Crippen LogP contribution in [0.1, 0.15) is 52.8 Å². The van der Waals surface area contributed by atoms with Crippen molar-refractivity contribution in [3.63, 3.8) is 0 Å². The average Bonchev–Trinajstić information content (AvgIpc) is 3.43. The van der Waals surface area contributed by atoms with E-state index in [0.717, 1.165) is 12.1 Å². The van der Waals surface area contributed by atoms with Gasteiger partial charge in [-0.1, -0.05) is 12.1 Å². The number of halogens is 4. The molecule has 0 saturated heterocycles. The van der Waals surface area contributed by atoms with Crippen LogP contribution in [-0.2, 0) is 26.4 Å². The molecule has 0 unspecified atom stereocenters. The molecule has 0 spiro atoms. The Morgan fingerprint density at radius 3 is 2.06 bits per heavy atom. The van der Waals surface area contributed by atoms with Crippen LogP contribution in [-0.4, -0.2) is 16.2 Å². The molecule has 14 heteroatoms. The maximum atomic E-state index is 13.8. The van der Waals surface area contributed by atoms with Crippen molar-refractivity contribution in [2.75, 3.05) is 0 Å². The first-order valence-electron chi connectivity index (χ1n) is 14.6. The molecule has 0 N–H and O–H groups in total. The Kier molecular flexibility index (Phi) is 9.35. The molecule has 0 aliphatic carbocycles. The molecule has 0 atom stereocenters. The van der Waals surface area contributed by atoms with Gasteiger partial charge < -0.3 is 18.1 Å². The number of phosphoric ester groups is 1. The van der Waals surface area contributed by atoms with E-state index in [9.17, 15) is 26.9 Å². The summed E-state index contributed by atoms with van der Waals surface area (Å²) >= 11 is 0. The molecule has 0 aliphatic rings. The minimum Gasteiger partial charge on any atom is -0.487 e. The lowest BCUT2D eigenvalue weighted by Crippen LogP contribution is -2.25. The van der Waals surface area contributed by atoms with E-state index in [-0.39, 0.29) is 51.5 Å². The average molecular weight is 690 g/mol. The molecule has 3 aromatic carbocycles. The number of ether oxygens (including phenoxy) is 1. The number of rotatable bonds is 9. The molecule has 5 rings (SSSR count). The SMILES string of the molecule is CC(C)(C)OP(=O)(Oc1ccc(-c2coc3cc(OCc4coc(-c5cc(F)cc(C(F)(F)F)c5)n4)ccc3c2=O)cc1)OC(C)(C)C. The van der Waals surface area contributed by atoms with Gasteiger partial charge in [0.1, 0.15) is 47.7 Å². The molecule has 0 fully saturated rings. The number of aromatic nitrogens is 1. The third-order valence-corrected chi connectivity index (χ3v) is 8.29. The van der Waals surface area contributed by atoms with Gasteiger partial charge in [-0.25, -0.2) is 13.9 Å². The lowest BCUT2D eigenvalue weighted by molar-refractivity contribution is -0.137. The fourth-order valence-corrected chi connectivity index (χ4v) is 6.32. The van der Waals surface area contributed by atoms with Crippen LogP contribution in [0.5, 0.6) is 11.5 Å². The maximum absolute atomic E-state index is 13.8. The van der Waals surface area contributed by atoms with Crippen LogP contribution in [0.15, 0.2) is 86.8 Å². The zero-order chi connectivity index (χ0) is 35.1. The van der Waals surface area contributed by atoms with Gasteiger partial charge >= 0.3 is 14.0 Å². The highest BCUT2D eigenvalue weighted by molar-refractivity contribution is 7.49. The summed E-state index contributed by atoms with van der Waals surface area (Å²) in [5.41, 5.74) is -2.03. The van der Waals surface area contributed by atoms with Gasteiger partial charge in [-0.3, -0.25) is 13.8 Å². The zero-order valence-electron chi connectivity index (χ0n) is 26.8. The van der Waals surface area contributed by atoms with Gasteiger partial charge in [0.15, 0.2) is 5.43 Å². The third kappa shape index (κ3) is 8.71. The van der Waals surface area contributed by atoms with E-state index in [4.69, 9.17) is 27.1 Å². The van der Waals surface area contributed by atoms with Gasteiger partial charge in [-0.05, 0) is 89.6 Å². The highest BCUT2D eigenvalue weighted by Crippen LogP contribution is 2.55. The van der Waals surface area contributed by atoms with E-state index in [1.54, 1.807) is 71.9 Å². The number of hydrogen-bond donors (Lipinski definition) is 0. The molecule has 0 saturated carbocycles. The number of phosphoric acid groups is 1. The monoisotopic (exact) mass is 689 g/mol. The Morgan fingerprint density at radius 2 is 1.44 bits per heavy atom. The van der Waals surface area contributed by atoms with Gasteiger partial charge in [-0.2, -0.15) is 13.2 Å². The van der Waals surface area contributed by atoms with Gasteiger partial charge in [0.2, 0.25) is 5.89 Å². The highest BCUT2D eigenvalue weighted by Gasteiger charge is 2.38. The van der Waals surface area contributed by atoms with Crippen molar-refractivity contribution in [1.29, 1.82) is 0 Å². The molecule has 0 bridgehead atoms. The summed E-state index contributed by atoms with van der Waals surface area (Å²) in [6, 6.07) is 12.9. The van der Waals surface area contributed by atoms with E-state index in [1.807, 2.05) is 0 Å². The van der Waals surface area contributed by atoms with Crippen LogP contribution in [0.4, 0.5) is 17.6 Å². The van der Waals surface area contributed by atoms with Gasteiger partial charge in [0.25, 0.3) is 0 Å². The first kappa shape index (κ1) is 34.9. The predicted octanol–water partition coefficient (Wildman–Crippen LogP) is 9.97. The summed E-state index contributed by atoms with van der Waals surface area (Å²) in [5.74, 6) is -0.763. The van der Waals surface area contributed by atoms with Gasteiger partial charge in [-0.15, -0.1) is 0 Å². The smallest absolute Gasteiger partial charge is 0.487 e. The van der Waals surface area contributed by atoms with Crippen molar-refractivity contribution in [2.24, 2.45) is 0 Å². The largest absolute Gasteiger partial charge is 0.531 e. The lowest BCUT2D eigenvalue weighted by Gasteiger charge is -2.30. The van der Waals surface area contributed by atoms with E-state index in [2.05, 4.69) is 4.98 Å². The summed E-state index contributed by atoms with van der Waals surface area (Å²) in [7, 11) is -4.02. The van der Waals surface area contributed by atoms with E-state index in [0.29, 0.717) is 17.4 Å². The van der Waals surface area contributed by atoms with Gasteiger partial charge in [0, 0.05) is 11.6 Å². The first-order valence-corrected chi connectivity index (χ1v) is 16.1. The molecule has 48 heavy (non-hydrogen) atoms. The van der Waals surface area contributed by atoms with E-state index >= 15 is 0 Å². The summed E-state index contributed by atoms with van der Waals surface area (Å²) in [6.07, 6.45) is -2.25. The quantitative estimate of drug-likeness (QED) is 0.110. The maximum Gasteiger partial charge on any atom is 0.531 e. The fourth-order valence-electron chi connectivity index (χ4n) is 4.49. The number of oxazole rings is 1. The van der Waals surface area contributed by atoms with E-state index in [1.165, 1.54) is 24.7 Å². The van der Waals surface area contributed by atoms with Crippen LogP contribution in [0, 0.1) is 5.82 Å². The number of benzene rings is 3. The molecule has 9 nitrogen and oxygen atoms in total. The van der Waals surface area contributed by atoms with E-state index < -0.39 is 36.6 Å². The molecule has 5 aromatic rings. The van der Waals surface area contributed by atoms with Crippen LogP contribution in [0.25, 0.3) is 33.6 Å². The molecule has 2 aromatic heterocycles. The number of alkyl halides is 3. The highest BCUT2D eigenvalue weighted by atomic mass is 31.2. The molecule has 0 aliphatic heterocycles. The van der Waals surface area contributed by atoms with Crippen molar-refractivity contribution in [1.82, 2.24) is 4.98 Å². The van der Waals surface area contributed by atoms with Gasteiger partial charge in [0.05, 0.1) is 27.7 Å². The molecule has 0 amide bonds. The number of nitrogens with zero attached hydrogens (tertiary/aromatic N) is 1. The normalized spacial score (nSPS) is 12.8. The van der Waals surface area contributed by atoms with Crippen LogP contribution >= 0.6 is 7.82 Å². The first-order chi connectivity index (χ1) is 22.3. The van der Waals surface area contributed by atoms with Crippen molar-refractivity contribution < 1.29 is 49.3 Å². The summed E-state index contributed by atoms with van der Waals surface area (Å²) < 4.78 is 100. The molecule has 254 valence electrons.